The van der Waals surface area contributed by atoms with Gasteiger partial charge < -0.3 is 13.7 Å². The maximum Gasteiger partial charge on any atom is 0.284 e. The predicted octanol–water partition coefficient (Wildman–Crippen LogP) is 4.72. The van der Waals surface area contributed by atoms with Gasteiger partial charge in [-0.2, -0.15) is 0 Å². The van der Waals surface area contributed by atoms with Gasteiger partial charge in [0.2, 0.25) is 5.91 Å². The Bertz CT molecular complexity index is 1070. The van der Waals surface area contributed by atoms with Crippen LogP contribution in [0.3, 0.4) is 0 Å². The van der Waals surface area contributed by atoms with Crippen molar-refractivity contribution < 1.29 is 13.6 Å². The van der Waals surface area contributed by atoms with E-state index in [2.05, 4.69) is 33.1 Å². The van der Waals surface area contributed by atoms with E-state index in [9.17, 15) is 4.79 Å². The molecule has 0 fully saturated rings. The molecule has 9 heteroatoms. The lowest BCUT2D eigenvalue weighted by Crippen LogP contribution is -2.40. The van der Waals surface area contributed by atoms with Crippen molar-refractivity contribution in [3.63, 3.8) is 0 Å². The van der Waals surface area contributed by atoms with Crippen molar-refractivity contribution >= 4 is 40.3 Å². The smallest absolute Gasteiger partial charge is 0.284 e. The number of hydrogen-bond acceptors (Lipinski definition) is 8. The molecular weight excluding hydrogens is 414 g/mol. The van der Waals surface area contributed by atoms with Gasteiger partial charge in [0.25, 0.3) is 11.1 Å². The lowest BCUT2D eigenvalue weighted by molar-refractivity contribution is -0.130. The summed E-state index contributed by atoms with van der Waals surface area (Å²) in [5, 5.41) is 12.5. The van der Waals surface area contributed by atoms with Crippen molar-refractivity contribution in [1.29, 1.82) is 0 Å². The molecule has 5 heterocycles. The zero-order chi connectivity index (χ0) is 18.9. The predicted molar refractivity (Wildman–Crippen MR) is 109 cm³/mol. The van der Waals surface area contributed by atoms with Gasteiger partial charge in [0.1, 0.15) is 0 Å². The molecule has 1 aliphatic rings. The number of nitrogens with zero attached hydrogens (tertiary/aromatic N) is 3. The van der Waals surface area contributed by atoms with Crippen LogP contribution in [0.4, 0.5) is 0 Å². The Morgan fingerprint density at radius 1 is 1.21 bits per heavy atom. The molecule has 5 rings (SSSR count). The highest BCUT2D eigenvalue weighted by atomic mass is 32.2. The first-order chi connectivity index (χ1) is 13.8. The highest BCUT2D eigenvalue weighted by Crippen LogP contribution is 2.39. The molecule has 0 aromatic carbocycles. The standard InChI is InChI=1S/C19H15N3O3S3/c23-16(11-28-19-21-20-18(25-19)13-3-1-8-24-13)22-7-5-14-12(6-10-27-14)17(22)15-4-2-9-26-15/h1-4,6,8-10,17H,5,7,11H2/t17-/m0/s1. The summed E-state index contributed by atoms with van der Waals surface area (Å²) in [6.45, 7) is 0.719. The lowest BCUT2D eigenvalue weighted by atomic mass is 9.98. The molecule has 0 unspecified atom stereocenters. The molecule has 142 valence electrons. The van der Waals surface area contributed by atoms with Crippen molar-refractivity contribution in [2.75, 3.05) is 12.3 Å². The minimum atomic E-state index is -0.00975. The van der Waals surface area contributed by atoms with Crippen molar-refractivity contribution in [3.05, 3.63) is 62.7 Å². The molecule has 0 N–H and O–H groups in total. The molecule has 0 spiro atoms. The molecule has 0 saturated carbocycles. The van der Waals surface area contributed by atoms with E-state index in [0.717, 1.165) is 13.0 Å². The highest BCUT2D eigenvalue weighted by molar-refractivity contribution is 7.99. The van der Waals surface area contributed by atoms with Crippen LogP contribution in [0, 0.1) is 0 Å². The van der Waals surface area contributed by atoms with E-state index < -0.39 is 0 Å². The Labute approximate surface area is 173 Å². The number of fused-ring (bicyclic) bond motifs is 1. The van der Waals surface area contributed by atoms with E-state index in [1.807, 2.05) is 11.0 Å². The number of carbonyl (C=O) groups is 1. The van der Waals surface area contributed by atoms with Crippen LogP contribution in [-0.4, -0.2) is 33.3 Å². The zero-order valence-electron chi connectivity index (χ0n) is 14.6. The molecule has 4 aromatic rings. The monoisotopic (exact) mass is 429 g/mol. The van der Waals surface area contributed by atoms with Gasteiger partial charge >= 0.3 is 0 Å². The third kappa shape index (κ3) is 3.30. The van der Waals surface area contributed by atoms with Crippen LogP contribution in [-0.2, 0) is 11.2 Å². The molecule has 28 heavy (non-hydrogen) atoms. The summed E-state index contributed by atoms with van der Waals surface area (Å²) in [5.74, 6) is 1.15. The Morgan fingerprint density at radius 3 is 3.00 bits per heavy atom. The first-order valence-corrected chi connectivity index (χ1v) is 11.4. The number of rotatable bonds is 5. The number of thiophene rings is 2. The van der Waals surface area contributed by atoms with Crippen LogP contribution in [0.25, 0.3) is 11.7 Å². The summed E-state index contributed by atoms with van der Waals surface area (Å²) >= 11 is 4.71. The maximum absolute atomic E-state index is 13.0. The largest absolute Gasteiger partial charge is 0.459 e. The van der Waals surface area contributed by atoms with Gasteiger partial charge in [0.05, 0.1) is 18.1 Å². The number of thioether (sulfide) groups is 1. The maximum atomic E-state index is 13.0. The normalized spacial score (nSPS) is 16.3. The first-order valence-electron chi connectivity index (χ1n) is 8.69. The number of amides is 1. The van der Waals surface area contributed by atoms with E-state index in [0.29, 0.717) is 16.9 Å². The van der Waals surface area contributed by atoms with Gasteiger partial charge in [-0.1, -0.05) is 17.8 Å². The van der Waals surface area contributed by atoms with Crippen LogP contribution in [0.1, 0.15) is 21.4 Å². The minimum absolute atomic E-state index is 0.00975. The molecule has 1 atom stereocenters. The molecule has 0 bridgehead atoms. The van der Waals surface area contributed by atoms with E-state index >= 15 is 0 Å². The topological polar surface area (TPSA) is 72.4 Å². The van der Waals surface area contributed by atoms with E-state index in [1.54, 1.807) is 41.1 Å². The average molecular weight is 430 g/mol. The Hall–Kier alpha value is -2.36. The van der Waals surface area contributed by atoms with Gasteiger partial charge in [-0.05, 0) is 47.0 Å². The van der Waals surface area contributed by atoms with E-state index in [1.165, 1.54) is 27.1 Å². The van der Waals surface area contributed by atoms with Crippen LogP contribution < -0.4 is 0 Å². The minimum Gasteiger partial charge on any atom is -0.459 e. The molecule has 1 aliphatic heterocycles. The second kappa shape index (κ2) is 7.57. The van der Waals surface area contributed by atoms with Crippen LogP contribution >= 0.6 is 34.4 Å². The Balaban J connectivity index is 1.32. The van der Waals surface area contributed by atoms with Gasteiger partial charge in [0.15, 0.2) is 5.76 Å². The van der Waals surface area contributed by atoms with E-state index in [-0.39, 0.29) is 17.7 Å². The van der Waals surface area contributed by atoms with Crippen LogP contribution in [0.5, 0.6) is 0 Å². The van der Waals surface area contributed by atoms with Gasteiger partial charge in [-0.3, -0.25) is 4.79 Å². The van der Waals surface area contributed by atoms with Crippen molar-refractivity contribution in [2.24, 2.45) is 0 Å². The zero-order valence-corrected chi connectivity index (χ0v) is 17.1. The quantitative estimate of drug-likeness (QED) is 0.428. The van der Waals surface area contributed by atoms with Crippen molar-refractivity contribution in [1.82, 2.24) is 15.1 Å². The molecule has 0 aliphatic carbocycles. The molecule has 1 amide bonds. The van der Waals surface area contributed by atoms with Crippen molar-refractivity contribution in [2.45, 2.75) is 17.7 Å². The summed E-state index contributed by atoms with van der Waals surface area (Å²) in [7, 11) is 0. The average Bonchev–Trinajstić information content (AvgIpc) is 3.50. The van der Waals surface area contributed by atoms with E-state index in [4.69, 9.17) is 8.83 Å². The second-order valence-electron chi connectivity index (χ2n) is 6.19. The molecular formula is C19H15N3O3S3. The second-order valence-corrected chi connectivity index (χ2v) is 9.10. The molecule has 0 radical (unpaired) electrons. The third-order valence-corrected chi connectivity index (χ3v) is 7.28. The summed E-state index contributed by atoms with van der Waals surface area (Å²) in [5.41, 5.74) is 1.25. The van der Waals surface area contributed by atoms with Crippen LogP contribution in [0.15, 0.2) is 61.4 Å². The fourth-order valence-corrected chi connectivity index (χ4v) is 5.72. The molecule has 6 nitrogen and oxygen atoms in total. The van der Waals surface area contributed by atoms with Gasteiger partial charge in [-0.25, -0.2) is 0 Å². The van der Waals surface area contributed by atoms with Crippen LogP contribution in [0.2, 0.25) is 0 Å². The Kier molecular flexibility index (Phi) is 4.79. The number of furan rings is 1. The fourth-order valence-electron chi connectivity index (χ4n) is 3.31. The number of hydrogen-bond donors (Lipinski definition) is 0. The van der Waals surface area contributed by atoms with Gasteiger partial charge in [0, 0.05) is 16.3 Å². The summed E-state index contributed by atoms with van der Waals surface area (Å²) in [4.78, 5) is 17.6. The fraction of sp³-hybridized carbons (Fsp3) is 0.211. The summed E-state index contributed by atoms with van der Waals surface area (Å²) < 4.78 is 10.8. The Morgan fingerprint density at radius 2 is 2.18 bits per heavy atom. The molecule has 0 saturated heterocycles. The van der Waals surface area contributed by atoms with Crippen molar-refractivity contribution in [3.8, 4) is 11.7 Å². The lowest BCUT2D eigenvalue weighted by Gasteiger charge is -2.35. The SMILES string of the molecule is O=C(CSc1nnc(-c2ccco2)o1)N1CCc2sccc2[C@H]1c1cccs1. The summed E-state index contributed by atoms with van der Waals surface area (Å²) in [6.07, 6.45) is 2.45. The first kappa shape index (κ1) is 17.7. The molecule has 4 aromatic heterocycles. The number of aromatic nitrogens is 2. The highest BCUT2D eigenvalue weighted by Gasteiger charge is 2.33. The summed E-state index contributed by atoms with van der Waals surface area (Å²) in [6, 6.07) is 9.78. The third-order valence-electron chi connectivity index (χ3n) is 4.56. The number of carbonyl (C=O) groups excluding carboxylic acids is 1. The van der Waals surface area contributed by atoms with Gasteiger partial charge in [-0.15, -0.1) is 32.9 Å².